The van der Waals surface area contributed by atoms with Gasteiger partial charge in [0.2, 0.25) is 0 Å². The van der Waals surface area contributed by atoms with Crippen LogP contribution < -0.4 is 11.5 Å². The van der Waals surface area contributed by atoms with Crippen molar-refractivity contribution in [3.63, 3.8) is 0 Å². The van der Waals surface area contributed by atoms with E-state index >= 15 is 4.39 Å². The van der Waals surface area contributed by atoms with Crippen molar-refractivity contribution in [1.82, 2.24) is 34.5 Å². The van der Waals surface area contributed by atoms with E-state index in [0.29, 0.717) is 17.6 Å². The van der Waals surface area contributed by atoms with E-state index in [1.54, 1.807) is 12.4 Å². The second-order valence-corrected chi connectivity index (χ2v) is 16.4. The van der Waals surface area contributed by atoms with Crippen LogP contribution in [0.15, 0.2) is 30.9 Å². The van der Waals surface area contributed by atoms with Crippen LogP contribution >= 0.6 is 13.4 Å². The topological polar surface area (TPSA) is 230 Å². The SMILES string of the molecule is NC(=O)c1cccc2c1nnn2[C@@H]1O[C@@H]2COP(O)(=S)OC[C@@H]3[C@@H](COP(O)(=S)O[C@H]2[C@H]1F)C[C@H]3n1cnc2c(N)ncnc21. The molecule has 1 aromatic carbocycles. The first-order chi connectivity index (χ1) is 21.4. The number of carbonyl (C=O) groups is 1. The summed E-state index contributed by atoms with van der Waals surface area (Å²) >= 11 is 10.5. The van der Waals surface area contributed by atoms with Crippen LogP contribution in [0.4, 0.5) is 10.2 Å². The summed E-state index contributed by atoms with van der Waals surface area (Å²) in [4.78, 5) is 46.4. The molecule has 5 heterocycles. The molecule has 22 heteroatoms. The van der Waals surface area contributed by atoms with E-state index < -0.39 is 50.6 Å². The van der Waals surface area contributed by atoms with E-state index in [9.17, 15) is 14.6 Å². The molecular weight excluding hydrogens is 675 g/mol. The second-order valence-electron chi connectivity index (χ2n) is 10.8. The maximum atomic E-state index is 16.1. The molecule has 0 spiro atoms. The Bertz CT molecular complexity index is 1900. The molecule has 7 rings (SSSR count). The highest BCUT2D eigenvalue weighted by atomic mass is 32.5. The number of fused-ring (bicyclic) bond motifs is 4. The predicted octanol–water partition coefficient (Wildman–Crippen LogP) is 1.25. The van der Waals surface area contributed by atoms with Crippen LogP contribution in [0.3, 0.4) is 0 Å². The summed E-state index contributed by atoms with van der Waals surface area (Å²) in [5, 5.41) is 7.95. The Morgan fingerprint density at radius 1 is 1.07 bits per heavy atom. The normalized spacial score (nSPS) is 35.9. The maximum Gasteiger partial charge on any atom is 0.324 e. The molecule has 2 saturated heterocycles. The molecular formula is C23H26FN9O8P2S2. The number of aromatic nitrogens is 7. The smallest absolute Gasteiger partial charge is 0.324 e. The highest BCUT2D eigenvalue weighted by molar-refractivity contribution is 8.07. The summed E-state index contributed by atoms with van der Waals surface area (Å²) in [5.74, 6) is -1.04. The minimum absolute atomic E-state index is 0.0433. The van der Waals surface area contributed by atoms with E-state index in [0.717, 1.165) is 4.68 Å². The number of hydrogen-bond acceptors (Lipinski definition) is 14. The Kier molecular flexibility index (Phi) is 7.97. The first-order valence-corrected chi connectivity index (χ1v) is 18.7. The molecule has 17 nitrogen and oxygen atoms in total. The van der Waals surface area contributed by atoms with Gasteiger partial charge in [0.05, 0.1) is 37.2 Å². The minimum atomic E-state index is -4.05. The lowest BCUT2D eigenvalue weighted by Crippen LogP contribution is -2.43. The maximum absolute atomic E-state index is 16.1. The van der Waals surface area contributed by atoms with Crippen molar-refractivity contribution in [2.75, 3.05) is 25.6 Å². The van der Waals surface area contributed by atoms with E-state index in [1.807, 2.05) is 4.57 Å². The van der Waals surface area contributed by atoms with Crippen LogP contribution in [-0.4, -0.2) is 88.4 Å². The molecule has 1 amide bonds. The van der Waals surface area contributed by atoms with Crippen molar-refractivity contribution in [3.05, 3.63) is 36.4 Å². The Morgan fingerprint density at radius 3 is 2.64 bits per heavy atom. The van der Waals surface area contributed by atoms with Gasteiger partial charge in [-0.25, -0.2) is 24.0 Å². The zero-order valence-corrected chi connectivity index (χ0v) is 26.4. The van der Waals surface area contributed by atoms with E-state index in [4.69, 9.17) is 57.9 Å². The van der Waals surface area contributed by atoms with Crippen molar-refractivity contribution >= 4 is 71.0 Å². The number of primary amides is 1. The van der Waals surface area contributed by atoms with Crippen LogP contribution in [0, 0.1) is 11.8 Å². The van der Waals surface area contributed by atoms with Gasteiger partial charge in [-0.3, -0.25) is 9.32 Å². The summed E-state index contributed by atoms with van der Waals surface area (Å²) in [5.41, 5.74) is 12.8. The van der Waals surface area contributed by atoms with Crippen LogP contribution in [0.25, 0.3) is 22.2 Å². The monoisotopic (exact) mass is 701 g/mol. The summed E-state index contributed by atoms with van der Waals surface area (Å²) in [7, 11) is 0. The molecule has 3 aromatic heterocycles. The molecule has 45 heavy (non-hydrogen) atoms. The van der Waals surface area contributed by atoms with Gasteiger partial charge in [-0.2, -0.15) is 0 Å². The quantitative estimate of drug-likeness (QED) is 0.220. The number of nitrogens with two attached hydrogens (primary N) is 2. The van der Waals surface area contributed by atoms with Crippen molar-refractivity contribution in [3.8, 4) is 0 Å². The standard InChI is InChI=1S/C23H26FN9O8P2S2/c24-16-19-15(40-23(16)33-13-3-1-2-11(21(26)34)17(13)30-31-33)7-39-42(35,44)38-6-12-10(5-37-43(36,45)41-19)4-14(12)32-9-29-18-20(25)27-8-28-22(18)32/h1-3,8-10,12,14-16,19,23H,4-7H2,(H2,26,34)(H,35,44)(H,36,45)(H2,25,27,28)/t10-,12-,14-,15-,16-,19-,23-,42?,43?/m1/s1. The number of nitrogen functional groups attached to an aromatic ring is 1. The minimum Gasteiger partial charge on any atom is -0.382 e. The Balaban J connectivity index is 1.14. The first kappa shape index (κ1) is 31.0. The highest BCUT2D eigenvalue weighted by Crippen LogP contribution is 2.55. The van der Waals surface area contributed by atoms with E-state index in [-0.39, 0.29) is 53.5 Å². The van der Waals surface area contributed by atoms with Crippen molar-refractivity contribution in [2.24, 2.45) is 17.6 Å². The Hall–Kier alpha value is -2.61. The number of anilines is 1. The third-order valence-electron chi connectivity index (χ3n) is 8.20. The predicted molar refractivity (Wildman–Crippen MR) is 161 cm³/mol. The molecule has 4 aromatic rings. The molecule has 240 valence electrons. The molecule has 0 bridgehead atoms. The summed E-state index contributed by atoms with van der Waals surface area (Å²) in [6, 6.07) is 4.35. The average Bonchev–Trinajstić information content (AvgIpc) is 3.67. The number of halogens is 1. The van der Waals surface area contributed by atoms with Crippen LogP contribution in [0.5, 0.6) is 0 Å². The number of amides is 1. The van der Waals surface area contributed by atoms with Gasteiger partial charge in [0.15, 0.2) is 23.9 Å². The van der Waals surface area contributed by atoms with Crippen LogP contribution in [0.1, 0.15) is 29.0 Å². The summed E-state index contributed by atoms with van der Waals surface area (Å²) in [6.45, 7) is -8.51. The summed E-state index contributed by atoms with van der Waals surface area (Å²) in [6.07, 6.45) is -2.73. The third kappa shape index (κ3) is 5.67. The number of carbonyl (C=O) groups excluding carboxylic acids is 1. The van der Waals surface area contributed by atoms with Gasteiger partial charge < -0.3 is 44.1 Å². The van der Waals surface area contributed by atoms with Gasteiger partial charge in [-0.1, -0.05) is 11.3 Å². The van der Waals surface area contributed by atoms with Crippen molar-refractivity contribution in [1.29, 1.82) is 0 Å². The highest BCUT2D eigenvalue weighted by Gasteiger charge is 2.52. The van der Waals surface area contributed by atoms with E-state index in [1.165, 1.54) is 18.5 Å². The summed E-state index contributed by atoms with van der Waals surface area (Å²) < 4.78 is 47.7. The fourth-order valence-electron chi connectivity index (χ4n) is 5.91. The van der Waals surface area contributed by atoms with Gasteiger partial charge in [0, 0.05) is 12.0 Å². The number of benzene rings is 1. The van der Waals surface area contributed by atoms with E-state index in [2.05, 4.69) is 25.3 Å². The van der Waals surface area contributed by atoms with Gasteiger partial charge in [-0.15, -0.1) is 5.10 Å². The molecule has 9 atom stereocenters. The van der Waals surface area contributed by atoms with Crippen LogP contribution in [-0.2, 0) is 46.4 Å². The van der Waals surface area contributed by atoms with Gasteiger partial charge >= 0.3 is 13.4 Å². The van der Waals surface area contributed by atoms with Crippen molar-refractivity contribution in [2.45, 2.75) is 37.1 Å². The zero-order chi connectivity index (χ0) is 31.7. The fraction of sp³-hybridized carbons (Fsp3) is 0.478. The fourth-order valence-corrected chi connectivity index (χ4v) is 8.53. The lowest BCUT2D eigenvalue weighted by molar-refractivity contribution is -0.0480. The number of hydrogen-bond donors (Lipinski definition) is 4. The average molecular weight is 702 g/mol. The van der Waals surface area contributed by atoms with Gasteiger partial charge in [0.25, 0.3) is 5.91 Å². The molecule has 3 aliphatic rings. The van der Waals surface area contributed by atoms with Crippen molar-refractivity contribution < 1.29 is 41.8 Å². The number of rotatable bonds is 3. The van der Waals surface area contributed by atoms with Gasteiger partial charge in [0.1, 0.15) is 29.6 Å². The Morgan fingerprint density at radius 2 is 1.84 bits per heavy atom. The molecule has 3 fully saturated rings. The number of nitrogens with zero attached hydrogens (tertiary/aromatic N) is 7. The third-order valence-corrected chi connectivity index (χ3v) is 11.3. The first-order valence-electron chi connectivity index (χ1n) is 13.6. The van der Waals surface area contributed by atoms with Gasteiger partial charge in [-0.05, 0) is 48.1 Å². The molecule has 1 saturated carbocycles. The molecule has 0 radical (unpaired) electrons. The van der Waals surface area contributed by atoms with Crippen LogP contribution in [0.2, 0.25) is 0 Å². The largest absolute Gasteiger partial charge is 0.382 e. The number of ether oxygens (including phenoxy) is 1. The number of imidazole rings is 1. The second kappa shape index (κ2) is 11.6. The lowest BCUT2D eigenvalue weighted by atomic mass is 9.70. The number of alkyl halides is 1. The Labute approximate surface area is 263 Å². The lowest BCUT2D eigenvalue weighted by Gasteiger charge is -2.45. The molecule has 2 aliphatic heterocycles. The molecule has 2 unspecified atom stereocenters. The zero-order valence-electron chi connectivity index (χ0n) is 23.0. The molecule has 1 aliphatic carbocycles. The molecule has 6 N–H and O–H groups in total.